The third-order valence-corrected chi connectivity index (χ3v) is 5.14. The summed E-state index contributed by atoms with van der Waals surface area (Å²) >= 11 is 0. The van der Waals surface area contributed by atoms with E-state index in [4.69, 9.17) is 0 Å². The van der Waals surface area contributed by atoms with Gasteiger partial charge in [0, 0.05) is 16.5 Å². The summed E-state index contributed by atoms with van der Waals surface area (Å²) in [5, 5.41) is 31.9. The zero-order valence-corrected chi connectivity index (χ0v) is 15.9. The number of phenolic OH excluding ortho intramolecular Hbond substituents is 2. The maximum absolute atomic E-state index is 12.9. The molecule has 0 saturated heterocycles. The number of rotatable bonds is 4. The van der Waals surface area contributed by atoms with Gasteiger partial charge in [-0.3, -0.25) is 9.59 Å². The summed E-state index contributed by atoms with van der Waals surface area (Å²) in [6.45, 7) is 12.1. The number of aliphatic hydroxyl groups is 1. The van der Waals surface area contributed by atoms with E-state index in [1.54, 1.807) is 19.9 Å². The van der Waals surface area contributed by atoms with Crippen molar-refractivity contribution in [3.05, 3.63) is 47.1 Å². The van der Waals surface area contributed by atoms with E-state index in [2.05, 4.69) is 6.58 Å². The minimum atomic E-state index is -1.94. The molecule has 5 nitrogen and oxygen atoms in total. The Morgan fingerprint density at radius 1 is 1.31 bits per heavy atom. The summed E-state index contributed by atoms with van der Waals surface area (Å²) in [6.07, 6.45) is 3.50. The van der Waals surface area contributed by atoms with E-state index < -0.39 is 34.2 Å². The molecule has 0 amide bonds. The molecule has 1 aliphatic carbocycles. The number of hydrogen-bond acceptors (Lipinski definition) is 5. The van der Waals surface area contributed by atoms with Crippen molar-refractivity contribution in [2.45, 2.75) is 52.1 Å². The number of benzene rings is 1. The zero-order valence-electron chi connectivity index (χ0n) is 15.9. The molecule has 0 saturated carbocycles. The highest BCUT2D eigenvalue weighted by Crippen LogP contribution is 2.47. The SMILES string of the molecule is C=CC(C)(C)c1c(O)cc2c(c1O)C(=O)[C@@](C)(O)[C@H](CC=C(C)C)C2=O. The number of Topliss-reactive ketones (excluding diaryl/α,β-unsaturated/α-hetero) is 2. The van der Waals surface area contributed by atoms with Gasteiger partial charge in [-0.1, -0.05) is 31.6 Å². The molecule has 0 bridgehead atoms. The van der Waals surface area contributed by atoms with Gasteiger partial charge in [0.25, 0.3) is 0 Å². The second-order valence-electron chi connectivity index (χ2n) is 7.88. The Labute approximate surface area is 153 Å². The van der Waals surface area contributed by atoms with Gasteiger partial charge in [-0.05, 0) is 33.3 Å². The lowest BCUT2D eigenvalue weighted by Gasteiger charge is -2.36. The van der Waals surface area contributed by atoms with Gasteiger partial charge in [-0.15, -0.1) is 6.58 Å². The molecule has 1 aromatic rings. The highest BCUT2D eigenvalue weighted by atomic mass is 16.3. The Hall–Kier alpha value is -2.40. The lowest BCUT2D eigenvalue weighted by molar-refractivity contribution is 0.00775. The van der Waals surface area contributed by atoms with Crippen molar-refractivity contribution >= 4 is 11.6 Å². The van der Waals surface area contributed by atoms with Crippen molar-refractivity contribution in [2.24, 2.45) is 5.92 Å². The van der Waals surface area contributed by atoms with Crippen LogP contribution in [0.5, 0.6) is 11.5 Å². The number of phenols is 2. The molecule has 0 spiro atoms. The fourth-order valence-electron chi connectivity index (χ4n) is 3.36. The number of fused-ring (bicyclic) bond motifs is 1. The number of aromatic hydroxyl groups is 2. The number of carbonyl (C=O) groups excluding carboxylic acids is 2. The van der Waals surface area contributed by atoms with E-state index in [-0.39, 0.29) is 28.9 Å². The highest BCUT2D eigenvalue weighted by Gasteiger charge is 2.51. The van der Waals surface area contributed by atoms with Crippen LogP contribution in [-0.4, -0.2) is 32.5 Å². The lowest BCUT2D eigenvalue weighted by atomic mass is 9.68. The van der Waals surface area contributed by atoms with Crippen LogP contribution in [0, 0.1) is 5.92 Å². The predicted octanol–water partition coefficient (Wildman–Crippen LogP) is 3.66. The molecule has 0 fully saturated rings. The van der Waals surface area contributed by atoms with E-state index in [1.165, 1.54) is 19.1 Å². The standard InChI is InChI=1S/C21H26O5/c1-7-20(4,5)16-14(22)10-12-15(18(16)24)19(25)21(6,26)13(17(12)23)9-8-11(2)3/h7-8,10,13,22,24,26H,1,9H2,2-6H3/t13-,21+/m1/s1. The molecule has 26 heavy (non-hydrogen) atoms. The van der Waals surface area contributed by atoms with E-state index in [1.807, 2.05) is 13.8 Å². The zero-order chi connectivity index (χ0) is 20.0. The van der Waals surface area contributed by atoms with Crippen LogP contribution >= 0.6 is 0 Å². The van der Waals surface area contributed by atoms with Crippen LogP contribution < -0.4 is 0 Å². The van der Waals surface area contributed by atoms with Gasteiger partial charge in [0.05, 0.1) is 11.5 Å². The van der Waals surface area contributed by atoms with Crippen molar-refractivity contribution in [1.29, 1.82) is 0 Å². The van der Waals surface area contributed by atoms with Gasteiger partial charge in [0.1, 0.15) is 17.1 Å². The average Bonchev–Trinajstić information content (AvgIpc) is 2.51. The summed E-state index contributed by atoms with van der Waals surface area (Å²) < 4.78 is 0. The molecule has 0 aromatic heterocycles. The van der Waals surface area contributed by atoms with Crippen molar-refractivity contribution in [1.82, 2.24) is 0 Å². The first-order valence-electron chi connectivity index (χ1n) is 8.54. The molecule has 0 radical (unpaired) electrons. The molecule has 5 heteroatoms. The Morgan fingerprint density at radius 2 is 1.88 bits per heavy atom. The molecule has 2 rings (SSSR count). The summed E-state index contributed by atoms with van der Waals surface area (Å²) in [5.74, 6) is -2.94. The van der Waals surface area contributed by atoms with E-state index in [0.717, 1.165) is 5.57 Å². The van der Waals surface area contributed by atoms with Crippen molar-refractivity contribution < 1.29 is 24.9 Å². The first kappa shape index (κ1) is 19.9. The lowest BCUT2D eigenvalue weighted by Crippen LogP contribution is -2.50. The van der Waals surface area contributed by atoms with Crippen LogP contribution in [0.4, 0.5) is 0 Å². The molecule has 3 N–H and O–H groups in total. The third-order valence-electron chi connectivity index (χ3n) is 5.14. The largest absolute Gasteiger partial charge is 0.507 e. The molecule has 0 aliphatic heterocycles. The third kappa shape index (κ3) is 2.97. The molecule has 2 atom stereocenters. The maximum Gasteiger partial charge on any atom is 0.199 e. The van der Waals surface area contributed by atoms with Crippen LogP contribution in [-0.2, 0) is 5.41 Å². The molecule has 140 valence electrons. The molecule has 0 unspecified atom stereocenters. The Kier molecular flexibility index (Phi) is 4.90. The number of allylic oxidation sites excluding steroid dienone is 3. The summed E-state index contributed by atoms with van der Waals surface area (Å²) in [5.41, 5.74) is -2.02. The molecular formula is C21H26O5. The van der Waals surface area contributed by atoms with Gasteiger partial charge in [-0.25, -0.2) is 0 Å². The van der Waals surface area contributed by atoms with E-state index in [9.17, 15) is 24.9 Å². The molecular weight excluding hydrogens is 332 g/mol. The minimum Gasteiger partial charge on any atom is -0.507 e. The van der Waals surface area contributed by atoms with Gasteiger partial charge in [-0.2, -0.15) is 0 Å². The van der Waals surface area contributed by atoms with Crippen LogP contribution in [0.15, 0.2) is 30.4 Å². The number of carbonyl (C=O) groups is 2. The van der Waals surface area contributed by atoms with Crippen LogP contribution in [0.2, 0.25) is 0 Å². The fraction of sp³-hybridized carbons (Fsp3) is 0.429. The molecule has 1 aromatic carbocycles. The second-order valence-corrected chi connectivity index (χ2v) is 7.88. The van der Waals surface area contributed by atoms with E-state index in [0.29, 0.717) is 0 Å². The smallest absolute Gasteiger partial charge is 0.199 e. The first-order chi connectivity index (χ1) is 11.9. The van der Waals surface area contributed by atoms with Crippen molar-refractivity contribution in [2.75, 3.05) is 0 Å². The van der Waals surface area contributed by atoms with Crippen LogP contribution in [0.25, 0.3) is 0 Å². The van der Waals surface area contributed by atoms with Gasteiger partial charge >= 0.3 is 0 Å². The number of ketones is 2. The Morgan fingerprint density at radius 3 is 2.38 bits per heavy atom. The van der Waals surface area contributed by atoms with Gasteiger partial charge in [0.2, 0.25) is 0 Å². The second kappa shape index (κ2) is 6.40. The summed E-state index contributed by atoms with van der Waals surface area (Å²) in [6, 6.07) is 1.21. The summed E-state index contributed by atoms with van der Waals surface area (Å²) in [4.78, 5) is 25.9. The monoisotopic (exact) mass is 358 g/mol. The average molecular weight is 358 g/mol. The number of hydrogen-bond donors (Lipinski definition) is 3. The minimum absolute atomic E-state index is 0.0627. The van der Waals surface area contributed by atoms with Crippen LogP contribution in [0.1, 0.15) is 67.3 Å². The van der Waals surface area contributed by atoms with Gasteiger partial charge < -0.3 is 15.3 Å². The molecule has 0 heterocycles. The van der Waals surface area contributed by atoms with Gasteiger partial charge in [0.15, 0.2) is 11.6 Å². The normalized spacial score (nSPS) is 22.8. The quantitative estimate of drug-likeness (QED) is 0.714. The fourth-order valence-corrected chi connectivity index (χ4v) is 3.36. The van der Waals surface area contributed by atoms with Crippen molar-refractivity contribution in [3.8, 4) is 11.5 Å². The molecule has 1 aliphatic rings. The highest BCUT2D eigenvalue weighted by molar-refractivity contribution is 6.20. The Balaban J connectivity index is 2.76. The van der Waals surface area contributed by atoms with E-state index >= 15 is 0 Å². The Bertz CT molecular complexity index is 823. The van der Waals surface area contributed by atoms with Crippen LogP contribution in [0.3, 0.4) is 0 Å². The topological polar surface area (TPSA) is 94.8 Å². The maximum atomic E-state index is 12.9. The first-order valence-corrected chi connectivity index (χ1v) is 8.54. The summed E-state index contributed by atoms with van der Waals surface area (Å²) in [7, 11) is 0. The predicted molar refractivity (Wildman–Crippen MR) is 99.8 cm³/mol. The van der Waals surface area contributed by atoms with Crippen molar-refractivity contribution in [3.63, 3.8) is 0 Å².